The fourth-order valence-electron chi connectivity index (χ4n) is 1.55. The van der Waals surface area contributed by atoms with E-state index in [2.05, 4.69) is 5.10 Å². The van der Waals surface area contributed by atoms with E-state index < -0.39 is 17.6 Å². The second-order valence-electron chi connectivity index (χ2n) is 4.86. The third-order valence-electron chi connectivity index (χ3n) is 2.20. The lowest BCUT2D eigenvalue weighted by Crippen LogP contribution is -2.27. The molecule has 0 spiro atoms. The van der Waals surface area contributed by atoms with E-state index in [1.807, 2.05) is 0 Å². The number of fused-ring (bicyclic) bond motifs is 1. The van der Waals surface area contributed by atoms with Crippen molar-refractivity contribution in [3.8, 4) is 5.75 Å². The van der Waals surface area contributed by atoms with Crippen molar-refractivity contribution < 1.29 is 19.0 Å². The molecule has 0 bridgehead atoms. The summed E-state index contributed by atoms with van der Waals surface area (Å²) in [5, 5.41) is 13.2. The predicted molar refractivity (Wildman–Crippen MR) is 63.0 cm³/mol. The van der Waals surface area contributed by atoms with Gasteiger partial charge in [0, 0.05) is 0 Å². The Balaban J connectivity index is 2.55. The lowest BCUT2D eigenvalue weighted by molar-refractivity contribution is 0.0518. The van der Waals surface area contributed by atoms with Gasteiger partial charge in [-0.05, 0) is 32.9 Å². The number of hydrogen-bond acceptors (Lipinski definition) is 4. The summed E-state index contributed by atoms with van der Waals surface area (Å²) < 4.78 is 19.3. The van der Waals surface area contributed by atoms with Crippen molar-refractivity contribution in [2.24, 2.45) is 0 Å². The molecule has 0 fully saturated rings. The van der Waals surface area contributed by atoms with Crippen LogP contribution in [0.4, 0.5) is 9.18 Å². The largest absolute Gasteiger partial charge is 0.506 e. The number of ether oxygens (including phenoxy) is 1. The zero-order chi connectivity index (χ0) is 13.5. The van der Waals surface area contributed by atoms with Gasteiger partial charge in [0.15, 0.2) is 0 Å². The first-order valence-corrected chi connectivity index (χ1v) is 5.39. The third kappa shape index (κ3) is 2.13. The van der Waals surface area contributed by atoms with Crippen LogP contribution in [0.25, 0.3) is 10.9 Å². The van der Waals surface area contributed by atoms with Gasteiger partial charge in [-0.2, -0.15) is 9.07 Å². The molecule has 1 N–H and O–H groups in total. The summed E-state index contributed by atoms with van der Waals surface area (Å²) in [6.07, 6.45) is -0.835. The second-order valence-corrected chi connectivity index (χ2v) is 4.86. The number of nitrogens with zero attached hydrogens (tertiary/aromatic N) is 2. The summed E-state index contributed by atoms with van der Waals surface area (Å²) in [6.45, 7) is 5.06. The molecule has 2 aromatic rings. The van der Waals surface area contributed by atoms with Crippen LogP contribution in [0.2, 0.25) is 0 Å². The van der Waals surface area contributed by atoms with Gasteiger partial charge in [-0.15, -0.1) is 5.10 Å². The molecule has 0 aliphatic heterocycles. The van der Waals surface area contributed by atoms with Crippen molar-refractivity contribution >= 4 is 17.0 Å². The van der Waals surface area contributed by atoms with E-state index in [0.717, 1.165) is 4.68 Å². The normalized spacial score (nSPS) is 11.8. The minimum absolute atomic E-state index is 0.00394. The molecule has 18 heavy (non-hydrogen) atoms. The number of carbonyl (C=O) groups is 1. The number of para-hydroxylation sites is 1. The van der Waals surface area contributed by atoms with E-state index in [0.29, 0.717) is 0 Å². The first-order chi connectivity index (χ1) is 8.29. The Bertz CT molecular complexity index is 614. The summed E-state index contributed by atoms with van der Waals surface area (Å²) >= 11 is 0. The number of aromatic hydroxyl groups is 1. The van der Waals surface area contributed by atoms with Gasteiger partial charge < -0.3 is 9.84 Å². The van der Waals surface area contributed by atoms with Gasteiger partial charge in [0.2, 0.25) is 5.95 Å². The molecular formula is C12H13FN2O3. The van der Waals surface area contributed by atoms with Crippen molar-refractivity contribution in [3.05, 3.63) is 24.1 Å². The number of rotatable bonds is 0. The highest BCUT2D eigenvalue weighted by molar-refractivity contribution is 5.92. The Morgan fingerprint density at radius 1 is 1.44 bits per heavy atom. The van der Waals surface area contributed by atoms with Crippen molar-refractivity contribution in [2.45, 2.75) is 26.4 Å². The molecule has 0 amide bonds. The zero-order valence-electron chi connectivity index (χ0n) is 10.3. The summed E-state index contributed by atoms with van der Waals surface area (Å²) in [7, 11) is 0. The molecule has 2 rings (SSSR count). The summed E-state index contributed by atoms with van der Waals surface area (Å²) in [4.78, 5) is 11.8. The first kappa shape index (κ1) is 12.3. The van der Waals surface area contributed by atoms with Gasteiger partial charge in [-0.1, -0.05) is 6.07 Å². The van der Waals surface area contributed by atoms with E-state index >= 15 is 0 Å². The molecule has 1 aromatic carbocycles. The fourth-order valence-corrected chi connectivity index (χ4v) is 1.55. The standard InChI is InChI=1S/C12H13FN2O3/c1-12(2,3)18-11(17)15-9-7(10(13)14-15)5-4-6-8(9)16/h4-6,16H,1-3H3. The number of aromatic nitrogens is 2. The van der Waals surface area contributed by atoms with Gasteiger partial charge in [-0.25, -0.2) is 4.79 Å². The van der Waals surface area contributed by atoms with Crippen LogP contribution in [0.5, 0.6) is 5.75 Å². The van der Waals surface area contributed by atoms with Gasteiger partial charge in [0.05, 0.1) is 5.39 Å². The molecule has 0 aliphatic carbocycles. The smallest absolute Gasteiger partial charge is 0.436 e. The Morgan fingerprint density at radius 2 is 2.11 bits per heavy atom. The van der Waals surface area contributed by atoms with Crippen molar-refractivity contribution in [1.29, 1.82) is 0 Å². The Hall–Kier alpha value is -2.11. The molecule has 0 radical (unpaired) electrons. The monoisotopic (exact) mass is 252 g/mol. The van der Waals surface area contributed by atoms with Crippen molar-refractivity contribution in [1.82, 2.24) is 9.78 Å². The maximum absolute atomic E-state index is 13.5. The minimum atomic E-state index is -0.835. The van der Waals surface area contributed by atoms with Crippen LogP contribution in [-0.4, -0.2) is 26.6 Å². The average Bonchev–Trinajstić information content (AvgIpc) is 2.56. The number of hydrogen-bond donors (Lipinski definition) is 1. The predicted octanol–water partition coefficient (Wildman–Crippen LogP) is 2.66. The highest BCUT2D eigenvalue weighted by Crippen LogP contribution is 2.26. The zero-order valence-corrected chi connectivity index (χ0v) is 10.3. The molecule has 0 aliphatic rings. The van der Waals surface area contributed by atoms with E-state index in [9.17, 15) is 14.3 Å². The summed E-state index contributed by atoms with van der Waals surface area (Å²) in [5.74, 6) is -1.05. The van der Waals surface area contributed by atoms with Crippen LogP contribution >= 0.6 is 0 Å². The molecular weight excluding hydrogens is 239 g/mol. The average molecular weight is 252 g/mol. The first-order valence-electron chi connectivity index (χ1n) is 5.39. The Labute approximate surface area is 103 Å². The number of carbonyl (C=O) groups excluding carboxylic acids is 1. The summed E-state index contributed by atoms with van der Waals surface area (Å²) in [6, 6.07) is 4.25. The van der Waals surface area contributed by atoms with Crippen LogP contribution in [-0.2, 0) is 4.74 Å². The van der Waals surface area contributed by atoms with Crippen LogP contribution in [0.3, 0.4) is 0 Å². The Morgan fingerprint density at radius 3 is 2.72 bits per heavy atom. The highest BCUT2D eigenvalue weighted by atomic mass is 19.1. The molecule has 5 nitrogen and oxygen atoms in total. The molecule has 96 valence electrons. The molecule has 6 heteroatoms. The van der Waals surface area contributed by atoms with Gasteiger partial charge in [0.1, 0.15) is 16.9 Å². The maximum Gasteiger partial charge on any atom is 0.436 e. The Kier molecular flexibility index (Phi) is 2.73. The number of halogens is 1. The van der Waals surface area contributed by atoms with Crippen LogP contribution < -0.4 is 0 Å². The van der Waals surface area contributed by atoms with E-state index in [1.165, 1.54) is 18.2 Å². The van der Waals surface area contributed by atoms with Gasteiger partial charge >= 0.3 is 6.09 Å². The molecule has 0 saturated heterocycles. The lowest BCUT2D eigenvalue weighted by Gasteiger charge is -2.19. The third-order valence-corrected chi connectivity index (χ3v) is 2.20. The van der Waals surface area contributed by atoms with Crippen molar-refractivity contribution in [2.75, 3.05) is 0 Å². The minimum Gasteiger partial charge on any atom is -0.506 e. The molecule has 1 heterocycles. The maximum atomic E-state index is 13.5. The van der Waals surface area contributed by atoms with Crippen LogP contribution in [0, 0.1) is 5.95 Å². The van der Waals surface area contributed by atoms with Gasteiger partial charge in [0.25, 0.3) is 0 Å². The summed E-state index contributed by atoms with van der Waals surface area (Å²) in [5.41, 5.74) is -0.722. The molecule has 1 aromatic heterocycles. The number of benzene rings is 1. The van der Waals surface area contributed by atoms with E-state index in [-0.39, 0.29) is 16.7 Å². The number of phenolic OH excluding ortho intramolecular Hbond substituents is 1. The number of phenols is 1. The molecule has 0 saturated carbocycles. The highest BCUT2D eigenvalue weighted by Gasteiger charge is 2.23. The fraction of sp³-hybridized carbons (Fsp3) is 0.333. The SMILES string of the molecule is CC(C)(C)OC(=O)n1nc(F)c2cccc(O)c21. The molecule has 0 unspecified atom stereocenters. The molecule has 0 atom stereocenters. The van der Waals surface area contributed by atoms with E-state index in [4.69, 9.17) is 4.74 Å². The van der Waals surface area contributed by atoms with Gasteiger partial charge in [-0.3, -0.25) is 0 Å². The van der Waals surface area contributed by atoms with Crippen LogP contribution in [0.15, 0.2) is 18.2 Å². The lowest BCUT2D eigenvalue weighted by atomic mass is 10.2. The second kappa shape index (κ2) is 3.97. The topological polar surface area (TPSA) is 64.4 Å². The van der Waals surface area contributed by atoms with Crippen molar-refractivity contribution in [3.63, 3.8) is 0 Å². The van der Waals surface area contributed by atoms with E-state index in [1.54, 1.807) is 20.8 Å². The van der Waals surface area contributed by atoms with Crippen LogP contribution in [0.1, 0.15) is 20.8 Å². The quantitative estimate of drug-likeness (QED) is 0.782.